The lowest BCUT2D eigenvalue weighted by atomic mass is 9.98. The van der Waals surface area contributed by atoms with Crippen LogP contribution in [0, 0.1) is 0 Å². The van der Waals surface area contributed by atoms with Crippen LogP contribution in [-0.4, -0.2) is 17.3 Å². The molecule has 1 aromatic rings. The molecule has 70 valence electrons. The maximum absolute atomic E-state index is 9.84. The first kappa shape index (κ1) is 9.00. The van der Waals surface area contributed by atoms with Crippen LogP contribution in [0.3, 0.4) is 0 Å². The molecule has 0 amide bonds. The van der Waals surface area contributed by atoms with Gasteiger partial charge in [-0.3, -0.25) is 0 Å². The molecule has 1 saturated heterocycles. The van der Waals surface area contributed by atoms with Crippen LogP contribution >= 0.6 is 11.6 Å². The Bertz CT molecular complexity index is 303. The molecule has 3 heteroatoms. The van der Waals surface area contributed by atoms with E-state index in [9.17, 15) is 5.11 Å². The molecule has 2 nitrogen and oxygen atoms in total. The SMILES string of the molecule is CC1(C(O)c2ccc(Cl)cc2)CO1. The van der Waals surface area contributed by atoms with Crippen LogP contribution in [0.2, 0.25) is 5.02 Å². The summed E-state index contributed by atoms with van der Waals surface area (Å²) in [5.41, 5.74) is 0.470. The summed E-state index contributed by atoms with van der Waals surface area (Å²) in [6, 6.07) is 7.18. The van der Waals surface area contributed by atoms with Crippen molar-refractivity contribution in [1.82, 2.24) is 0 Å². The van der Waals surface area contributed by atoms with E-state index in [0.29, 0.717) is 11.6 Å². The molecule has 1 N–H and O–H groups in total. The number of ether oxygens (including phenoxy) is 1. The molecule has 2 unspecified atom stereocenters. The van der Waals surface area contributed by atoms with Crippen molar-refractivity contribution in [2.75, 3.05) is 6.61 Å². The first-order valence-electron chi connectivity index (χ1n) is 4.19. The van der Waals surface area contributed by atoms with Gasteiger partial charge in [-0.15, -0.1) is 0 Å². The predicted molar refractivity (Wildman–Crippen MR) is 50.8 cm³/mol. The highest BCUT2D eigenvalue weighted by molar-refractivity contribution is 6.30. The average molecular weight is 199 g/mol. The van der Waals surface area contributed by atoms with Crippen molar-refractivity contribution in [3.8, 4) is 0 Å². The predicted octanol–water partition coefficient (Wildman–Crippen LogP) is 2.16. The molecule has 0 spiro atoms. The smallest absolute Gasteiger partial charge is 0.119 e. The van der Waals surface area contributed by atoms with Crippen LogP contribution in [0.5, 0.6) is 0 Å². The number of aliphatic hydroxyl groups excluding tert-OH is 1. The summed E-state index contributed by atoms with van der Waals surface area (Å²) in [6.07, 6.45) is -0.551. The third kappa shape index (κ3) is 1.70. The van der Waals surface area contributed by atoms with Crippen molar-refractivity contribution in [3.05, 3.63) is 34.9 Å². The first-order valence-corrected chi connectivity index (χ1v) is 4.57. The zero-order valence-electron chi connectivity index (χ0n) is 7.33. The minimum Gasteiger partial charge on any atom is -0.385 e. The van der Waals surface area contributed by atoms with Gasteiger partial charge < -0.3 is 9.84 Å². The van der Waals surface area contributed by atoms with Crippen molar-refractivity contribution in [2.45, 2.75) is 18.6 Å². The fourth-order valence-electron chi connectivity index (χ4n) is 1.27. The van der Waals surface area contributed by atoms with Crippen molar-refractivity contribution in [3.63, 3.8) is 0 Å². The molecule has 1 heterocycles. The van der Waals surface area contributed by atoms with Crippen molar-refractivity contribution < 1.29 is 9.84 Å². The molecular formula is C10H11ClO2. The summed E-state index contributed by atoms with van der Waals surface area (Å²) in [4.78, 5) is 0. The van der Waals surface area contributed by atoms with Gasteiger partial charge in [0.1, 0.15) is 11.7 Å². The quantitative estimate of drug-likeness (QED) is 0.739. The van der Waals surface area contributed by atoms with Gasteiger partial charge in [0.2, 0.25) is 0 Å². The molecule has 1 fully saturated rings. The van der Waals surface area contributed by atoms with E-state index in [0.717, 1.165) is 5.56 Å². The fourth-order valence-corrected chi connectivity index (χ4v) is 1.40. The van der Waals surface area contributed by atoms with Gasteiger partial charge >= 0.3 is 0 Å². The van der Waals surface area contributed by atoms with Gasteiger partial charge in [-0.05, 0) is 24.6 Å². The number of hydrogen-bond acceptors (Lipinski definition) is 2. The highest BCUT2D eigenvalue weighted by Crippen LogP contribution is 2.39. The summed E-state index contributed by atoms with van der Waals surface area (Å²) < 4.78 is 5.16. The van der Waals surface area contributed by atoms with Crippen molar-refractivity contribution >= 4 is 11.6 Å². The van der Waals surface area contributed by atoms with E-state index in [1.54, 1.807) is 12.1 Å². The monoisotopic (exact) mass is 198 g/mol. The molecule has 2 atom stereocenters. The van der Waals surface area contributed by atoms with Gasteiger partial charge in [0, 0.05) is 5.02 Å². The maximum atomic E-state index is 9.84. The summed E-state index contributed by atoms with van der Waals surface area (Å²) in [5, 5.41) is 10.5. The lowest BCUT2D eigenvalue weighted by Crippen LogP contribution is -2.17. The number of halogens is 1. The van der Waals surface area contributed by atoms with E-state index in [1.807, 2.05) is 19.1 Å². The number of aliphatic hydroxyl groups is 1. The molecule has 0 aliphatic carbocycles. The van der Waals surface area contributed by atoms with Gasteiger partial charge in [0.25, 0.3) is 0 Å². The summed E-state index contributed by atoms with van der Waals surface area (Å²) in [6.45, 7) is 2.52. The van der Waals surface area contributed by atoms with Gasteiger partial charge in [-0.25, -0.2) is 0 Å². The van der Waals surface area contributed by atoms with Crippen LogP contribution in [0.15, 0.2) is 24.3 Å². The van der Waals surface area contributed by atoms with Crippen LogP contribution in [-0.2, 0) is 4.74 Å². The molecule has 1 aliphatic heterocycles. The third-order valence-electron chi connectivity index (χ3n) is 2.36. The van der Waals surface area contributed by atoms with Crippen LogP contribution in [0.4, 0.5) is 0 Å². The van der Waals surface area contributed by atoms with Gasteiger partial charge in [0.15, 0.2) is 0 Å². The van der Waals surface area contributed by atoms with E-state index in [-0.39, 0.29) is 5.60 Å². The molecule has 2 rings (SSSR count). The van der Waals surface area contributed by atoms with E-state index < -0.39 is 6.10 Å². The number of rotatable bonds is 2. The zero-order valence-corrected chi connectivity index (χ0v) is 8.08. The van der Waals surface area contributed by atoms with E-state index >= 15 is 0 Å². The van der Waals surface area contributed by atoms with Gasteiger partial charge in [0.05, 0.1) is 6.61 Å². The minimum absolute atomic E-state index is 0.381. The van der Waals surface area contributed by atoms with Crippen LogP contribution in [0.1, 0.15) is 18.6 Å². The molecule has 0 radical (unpaired) electrons. The van der Waals surface area contributed by atoms with Crippen LogP contribution < -0.4 is 0 Å². The van der Waals surface area contributed by atoms with Gasteiger partial charge in [-0.2, -0.15) is 0 Å². The third-order valence-corrected chi connectivity index (χ3v) is 2.62. The highest BCUT2D eigenvalue weighted by atomic mass is 35.5. The normalized spacial score (nSPS) is 28.5. The molecule has 0 aromatic heterocycles. The molecule has 0 saturated carbocycles. The lowest BCUT2D eigenvalue weighted by molar-refractivity contribution is 0.0849. The van der Waals surface area contributed by atoms with Crippen molar-refractivity contribution in [2.24, 2.45) is 0 Å². The van der Waals surface area contributed by atoms with E-state index in [4.69, 9.17) is 16.3 Å². The Morgan fingerprint density at radius 1 is 1.46 bits per heavy atom. The minimum atomic E-state index is -0.551. The standard InChI is InChI=1S/C10H11ClO2/c1-10(6-13-10)9(12)7-2-4-8(11)5-3-7/h2-5,9,12H,6H2,1H3. The second-order valence-corrected chi connectivity index (χ2v) is 3.99. The first-order chi connectivity index (χ1) is 6.12. The van der Waals surface area contributed by atoms with E-state index in [2.05, 4.69) is 0 Å². The second kappa shape index (κ2) is 2.98. The second-order valence-electron chi connectivity index (χ2n) is 3.56. The molecule has 0 bridgehead atoms. The number of benzene rings is 1. The summed E-state index contributed by atoms with van der Waals surface area (Å²) in [7, 11) is 0. The fraction of sp³-hybridized carbons (Fsp3) is 0.400. The lowest BCUT2D eigenvalue weighted by Gasteiger charge is -2.14. The Kier molecular flexibility index (Phi) is 2.06. The largest absolute Gasteiger partial charge is 0.385 e. The number of epoxide rings is 1. The van der Waals surface area contributed by atoms with Crippen molar-refractivity contribution in [1.29, 1.82) is 0 Å². The van der Waals surface area contributed by atoms with Crippen LogP contribution in [0.25, 0.3) is 0 Å². The van der Waals surface area contributed by atoms with E-state index in [1.165, 1.54) is 0 Å². The topological polar surface area (TPSA) is 32.8 Å². The highest BCUT2D eigenvalue weighted by Gasteiger charge is 2.47. The zero-order chi connectivity index (χ0) is 9.47. The Hall–Kier alpha value is -0.570. The Labute approximate surface area is 82.1 Å². The molecule has 1 aromatic carbocycles. The number of hydrogen-bond donors (Lipinski definition) is 1. The molecule has 13 heavy (non-hydrogen) atoms. The average Bonchev–Trinajstić information content (AvgIpc) is 2.85. The summed E-state index contributed by atoms with van der Waals surface area (Å²) in [5.74, 6) is 0. The molecular weight excluding hydrogens is 188 g/mol. The maximum Gasteiger partial charge on any atom is 0.119 e. The van der Waals surface area contributed by atoms with Gasteiger partial charge in [-0.1, -0.05) is 23.7 Å². The summed E-state index contributed by atoms with van der Waals surface area (Å²) >= 11 is 5.73. The Morgan fingerprint density at radius 3 is 2.46 bits per heavy atom. The molecule has 1 aliphatic rings. The Morgan fingerprint density at radius 2 is 2.00 bits per heavy atom. The Balaban J connectivity index is 2.20.